The molecule has 1 saturated heterocycles. The Kier molecular flexibility index (Phi) is 6.55. The number of rotatable bonds is 7. The molecule has 0 aromatic carbocycles. The van der Waals surface area contributed by atoms with Crippen LogP contribution < -0.4 is 5.32 Å². The van der Waals surface area contributed by atoms with E-state index in [1.54, 1.807) is 0 Å². The van der Waals surface area contributed by atoms with E-state index < -0.39 is 0 Å². The van der Waals surface area contributed by atoms with E-state index in [9.17, 15) is 0 Å². The molecular formula is C19H38N2. The van der Waals surface area contributed by atoms with E-state index in [2.05, 4.69) is 37.9 Å². The lowest BCUT2D eigenvalue weighted by Gasteiger charge is -2.39. The minimum atomic E-state index is 0.631. The van der Waals surface area contributed by atoms with Gasteiger partial charge in [-0.15, -0.1) is 0 Å². The summed E-state index contributed by atoms with van der Waals surface area (Å²) in [5, 5.41) is 3.78. The highest BCUT2D eigenvalue weighted by Crippen LogP contribution is 2.39. The van der Waals surface area contributed by atoms with E-state index in [-0.39, 0.29) is 0 Å². The van der Waals surface area contributed by atoms with Gasteiger partial charge in [-0.2, -0.15) is 0 Å². The summed E-state index contributed by atoms with van der Waals surface area (Å²) < 4.78 is 0. The molecule has 1 heterocycles. The molecule has 3 unspecified atom stereocenters. The standard InChI is InChI=1S/C19H38N2/c1-5-16-9-10-18(20-8-4)17(13-16)14-21-12-11-19(6-2,7-3)15-21/h16-18,20H,5-15H2,1-4H3. The first-order chi connectivity index (χ1) is 10.2. The number of likely N-dealkylation sites (tertiary alicyclic amines) is 1. The average molecular weight is 295 g/mol. The van der Waals surface area contributed by atoms with Crippen LogP contribution in [0.2, 0.25) is 0 Å². The molecule has 21 heavy (non-hydrogen) atoms. The second-order valence-electron chi connectivity index (χ2n) is 7.70. The summed E-state index contributed by atoms with van der Waals surface area (Å²) in [6, 6.07) is 0.774. The Labute approximate surface area is 133 Å². The molecule has 0 spiro atoms. The quantitative estimate of drug-likeness (QED) is 0.753. The van der Waals surface area contributed by atoms with Crippen molar-refractivity contribution in [2.75, 3.05) is 26.2 Å². The highest BCUT2D eigenvalue weighted by Gasteiger charge is 2.37. The Morgan fingerprint density at radius 3 is 2.43 bits per heavy atom. The highest BCUT2D eigenvalue weighted by molar-refractivity contribution is 4.92. The zero-order valence-corrected chi connectivity index (χ0v) is 15.0. The molecule has 124 valence electrons. The van der Waals surface area contributed by atoms with Crippen molar-refractivity contribution < 1.29 is 0 Å². The van der Waals surface area contributed by atoms with Crippen LogP contribution in [0.5, 0.6) is 0 Å². The zero-order valence-electron chi connectivity index (χ0n) is 15.0. The third-order valence-electron chi connectivity index (χ3n) is 6.64. The van der Waals surface area contributed by atoms with E-state index in [1.165, 1.54) is 64.6 Å². The van der Waals surface area contributed by atoms with Gasteiger partial charge in [-0.25, -0.2) is 0 Å². The van der Waals surface area contributed by atoms with Crippen LogP contribution in [0.3, 0.4) is 0 Å². The topological polar surface area (TPSA) is 15.3 Å². The van der Waals surface area contributed by atoms with E-state index in [1.807, 2.05) is 0 Å². The number of nitrogens with one attached hydrogen (secondary N) is 1. The van der Waals surface area contributed by atoms with Gasteiger partial charge in [0.25, 0.3) is 0 Å². The normalized spacial score (nSPS) is 33.4. The first-order valence-electron chi connectivity index (χ1n) is 9.62. The molecule has 0 radical (unpaired) electrons. The minimum absolute atomic E-state index is 0.631. The first-order valence-corrected chi connectivity index (χ1v) is 9.62. The molecule has 2 rings (SSSR count). The van der Waals surface area contributed by atoms with Gasteiger partial charge in [0, 0.05) is 19.1 Å². The van der Waals surface area contributed by atoms with Crippen molar-refractivity contribution in [2.45, 2.75) is 78.7 Å². The van der Waals surface area contributed by atoms with E-state index in [0.717, 1.165) is 24.4 Å². The van der Waals surface area contributed by atoms with Crippen LogP contribution in [0.1, 0.15) is 72.6 Å². The summed E-state index contributed by atoms with van der Waals surface area (Å²) in [5.41, 5.74) is 0.631. The van der Waals surface area contributed by atoms with Crippen molar-refractivity contribution in [1.82, 2.24) is 10.2 Å². The van der Waals surface area contributed by atoms with Crippen molar-refractivity contribution >= 4 is 0 Å². The summed E-state index contributed by atoms with van der Waals surface area (Å²) in [5.74, 6) is 1.86. The van der Waals surface area contributed by atoms with Crippen LogP contribution in [0.15, 0.2) is 0 Å². The number of hydrogen-bond donors (Lipinski definition) is 1. The Bertz CT molecular complexity index is 298. The molecule has 1 saturated carbocycles. The highest BCUT2D eigenvalue weighted by atomic mass is 15.2. The Morgan fingerprint density at radius 1 is 1.10 bits per heavy atom. The van der Waals surface area contributed by atoms with E-state index in [4.69, 9.17) is 0 Å². The fourth-order valence-corrected chi connectivity index (χ4v) is 4.81. The third-order valence-corrected chi connectivity index (χ3v) is 6.64. The van der Waals surface area contributed by atoms with Gasteiger partial charge in [-0.05, 0) is 68.9 Å². The molecule has 1 aliphatic carbocycles. The van der Waals surface area contributed by atoms with Crippen molar-refractivity contribution in [3.05, 3.63) is 0 Å². The van der Waals surface area contributed by atoms with Crippen molar-refractivity contribution in [3.63, 3.8) is 0 Å². The molecule has 0 bridgehead atoms. The summed E-state index contributed by atoms with van der Waals surface area (Å²) in [7, 11) is 0. The largest absolute Gasteiger partial charge is 0.314 e. The summed E-state index contributed by atoms with van der Waals surface area (Å²) in [6.45, 7) is 14.6. The minimum Gasteiger partial charge on any atom is -0.314 e. The second-order valence-corrected chi connectivity index (χ2v) is 7.70. The molecule has 0 aromatic heterocycles. The molecular weight excluding hydrogens is 256 g/mol. The molecule has 0 amide bonds. The summed E-state index contributed by atoms with van der Waals surface area (Å²) in [4.78, 5) is 2.79. The van der Waals surface area contributed by atoms with E-state index in [0.29, 0.717) is 5.41 Å². The van der Waals surface area contributed by atoms with Crippen molar-refractivity contribution in [1.29, 1.82) is 0 Å². The predicted molar refractivity (Wildman–Crippen MR) is 92.7 cm³/mol. The monoisotopic (exact) mass is 294 g/mol. The maximum Gasteiger partial charge on any atom is 0.0108 e. The fraction of sp³-hybridized carbons (Fsp3) is 1.00. The van der Waals surface area contributed by atoms with Crippen LogP contribution in [-0.2, 0) is 0 Å². The summed E-state index contributed by atoms with van der Waals surface area (Å²) in [6.07, 6.45) is 9.82. The van der Waals surface area contributed by atoms with Crippen LogP contribution >= 0.6 is 0 Å². The maximum absolute atomic E-state index is 3.78. The lowest BCUT2D eigenvalue weighted by Crippen LogP contribution is -2.45. The Morgan fingerprint density at radius 2 is 1.86 bits per heavy atom. The fourth-order valence-electron chi connectivity index (χ4n) is 4.81. The Balaban J connectivity index is 1.92. The molecule has 2 heteroatoms. The van der Waals surface area contributed by atoms with Gasteiger partial charge in [-0.3, -0.25) is 0 Å². The van der Waals surface area contributed by atoms with Gasteiger partial charge < -0.3 is 10.2 Å². The van der Waals surface area contributed by atoms with Gasteiger partial charge in [0.05, 0.1) is 0 Å². The molecule has 3 atom stereocenters. The molecule has 1 aliphatic heterocycles. The molecule has 0 aromatic rings. The molecule has 2 fully saturated rings. The maximum atomic E-state index is 3.78. The smallest absolute Gasteiger partial charge is 0.0108 e. The van der Waals surface area contributed by atoms with Gasteiger partial charge in [0.15, 0.2) is 0 Å². The Hall–Kier alpha value is -0.0800. The summed E-state index contributed by atoms with van der Waals surface area (Å²) >= 11 is 0. The third kappa shape index (κ3) is 4.22. The zero-order chi connectivity index (χ0) is 15.3. The van der Waals surface area contributed by atoms with Gasteiger partial charge >= 0.3 is 0 Å². The van der Waals surface area contributed by atoms with Gasteiger partial charge in [0.1, 0.15) is 0 Å². The van der Waals surface area contributed by atoms with Crippen LogP contribution in [0.25, 0.3) is 0 Å². The second kappa shape index (κ2) is 7.97. The lowest BCUT2D eigenvalue weighted by atomic mass is 9.76. The lowest BCUT2D eigenvalue weighted by molar-refractivity contribution is 0.141. The van der Waals surface area contributed by atoms with Crippen LogP contribution in [-0.4, -0.2) is 37.1 Å². The SMILES string of the molecule is CCNC1CCC(CC)CC1CN1CCC(CC)(CC)C1. The average Bonchev–Trinajstić information content (AvgIpc) is 2.93. The van der Waals surface area contributed by atoms with Crippen molar-refractivity contribution in [2.24, 2.45) is 17.3 Å². The predicted octanol–water partition coefficient (Wildman–Crippen LogP) is 4.30. The first kappa shape index (κ1) is 17.3. The molecule has 2 nitrogen and oxygen atoms in total. The van der Waals surface area contributed by atoms with Crippen LogP contribution in [0.4, 0.5) is 0 Å². The van der Waals surface area contributed by atoms with Gasteiger partial charge in [-0.1, -0.05) is 34.1 Å². The molecule has 1 N–H and O–H groups in total. The van der Waals surface area contributed by atoms with Crippen molar-refractivity contribution in [3.8, 4) is 0 Å². The number of hydrogen-bond acceptors (Lipinski definition) is 2. The molecule has 2 aliphatic rings. The number of nitrogens with zero attached hydrogens (tertiary/aromatic N) is 1. The van der Waals surface area contributed by atoms with Gasteiger partial charge in [0.2, 0.25) is 0 Å². The van der Waals surface area contributed by atoms with Crippen LogP contribution in [0, 0.1) is 17.3 Å². The van der Waals surface area contributed by atoms with E-state index >= 15 is 0 Å².